The fourth-order valence-corrected chi connectivity index (χ4v) is 5.92. The molecule has 3 amide bonds. The molecule has 1 aliphatic carbocycles. The Labute approximate surface area is 240 Å². The van der Waals surface area contributed by atoms with E-state index in [0.717, 1.165) is 25.7 Å². The van der Waals surface area contributed by atoms with Crippen molar-refractivity contribution in [2.45, 2.75) is 89.0 Å². The molecule has 11 heteroatoms. The number of hydrogen-bond donors (Lipinski definition) is 4. The molecule has 41 heavy (non-hydrogen) atoms. The van der Waals surface area contributed by atoms with Crippen LogP contribution < -0.4 is 21.1 Å². The number of aromatic hydroxyl groups is 1. The number of methoxy groups -OCH3 is 1. The number of hydrogen-bond acceptors (Lipinski definition) is 8. The minimum atomic E-state index is -1.04. The third kappa shape index (κ3) is 7.77. The molecule has 226 valence electrons. The Hall–Kier alpha value is -3.18. The molecule has 1 aromatic carbocycles. The van der Waals surface area contributed by atoms with Gasteiger partial charge in [0.25, 0.3) is 0 Å². The summed E-state index contributed by atoms with van der Waals surface area (Å²) >= 11 is 0. The van der Waals surface area contributed by atoms with Crippen LogP contribution in [0.5, 0.6) is 11.5 Å². The van der Waals surface area contributed by atoms with Crippen LogP contribution in [0, 0.1) is 17.8 Å². The molecule has 1 saturated carbocycles. The zero-order valence-corrected chi connectivity index (χ0v) is 24.1. The lowest BCUT2D eigenvalue weighted by Gasteiger charge is -2.32. The highest BCUT2D eigenvalue weighted by Gasteiger charge is 2.50. The minimum Gasteiger partial charge on any atom is -0.504 e. The third-order valence-corrected chi connectivity index (χ3v) is 8.78. The predicted molar refractivity (Wildman–Crippen MR) is 149 cm³/mol. The van der Waals surface area contributed by atoms with Crippen molar-refractivity contribution in [3.8, 4) is 11.5 Å². The molecule has 2 saturated heterocycles. The smallest absolute Gasteiger partial charge is 0.243 e. The van der Waals surface area contributed by atoms with E-state index in [4.69, 9.17) is 19.9 Å². The van der Waals surface area contributed by atoms with Crippen molar-refractivity contribution in [3.05, 3.63) is 23.8 Å². The topological polar surface area (TPSA) is 170 Å². The van der Waals surface area contributed by atoms with Crippen LogP contribution in [0.3, 0.4) is 0 Å². The average molecular weight is 574 g/mol. The van der Waals surface area contributed by atoms with Crippen LogP contribution in [0.15, 0.2) is 18.2 Å². The van der Waals surface area contributed by atoms with Crippen LogP contribution in [-0.4, -0.2) is 72.7 Å². The largest absolute Gasteiger partial charge is 0.504 e. The van der Waals surface area contributed by atoms with Crippen LogP contribution in [0.2, 0.25) is 0 Å². The van der Waals surface area contributed by atoms with Crippen molar-refractivity contribution >= 4 is 23.5 Å². The molecule has 3 fully saturated rings. The fourth-order valence-electron chi connectivity index (χ4n) is 5.92. The molecule has 11 nitrogen and oxygen atoms in total. The molecule has 1 aromatic rings. The van der Waals surface area contributed by atoms with Crippen LogP contribution in [0.4, 0.5) is 0 Å². The van der Waals surface area contributed by atoms with Crippen LogP contribution in [0.1, 0.15) is 64.4 Å². The Morgan fingerprint density at radius 1 is 1.12 bits per heavy atom. The molecule has 0 spiro atoms. The number of phenols is 1. The molecule has 0 bridgehead atoms. The maximum absolute atomic E-state index is 13.8. The van der Waals surface area contributed by atoms with Gasteiger partial charge in [-0.15, -0.1) is 0 Å². The summed E-state index contributed by atoms with van der Waals surface area (Å²) in [6, 6.07) is 2.99. The van der Waals surface area contributed by atoms with Crippen molar-refractivity contribution in [1.82, 2.24) is 10.6 Å². The van der Waals surface area contributed by atoms with Gasteiger partial charge in [0.15, 0.2) is 17.3 Å². The maximum Gasteiger partial charge on any atom is 0.243 e. The van der Waals surface area contributed by atoms with Crippen LogP contribution in [0.25, 0.3) is 0 Å². The van der Waals surface area contributed by atoms with Gasteiger partial charge in [-0.3, -0.25) is 19.2 Å². The Morgan fingerprint density at radius 2 is 1.80 bits per heavy atom. The van der Waals surface area contributed by atoms with Crippen LogP contribution >= 0.6 is 0 Å². The van der Waals surface area contributed by atoms with Gasteiger partial charge >= 0.3 is 0 Å². The first kappa shape index (κ1) is 30.8. The number of amides is 3. The second kappa shape index (κ2) is 13.2. The van der Waals surface area contributed by atoms with Crippen molar-refractivity contribution in [1.29, 1.82) is 0 Å². The number of nitrogens with one attached hydrogen (secondary N) is 2. The number of primary amides is 1. The number of rotatable bonds is 13. The van der Waals surface area contributed by atoms with E-state index in [2.05, 4.69) is 10.6 Å². The van der Waals surface area contributed by atoms with Gasteiger partial charge in [0, 0.05) is 18.9 Å². The SMILES string of the molecule is COc1ccc(C[C@H](NC(=O)[C@H](C)C2CC(C(N)=O)CCO2)C(=O)N[C@@H](CC2CCCC2)C(=O)[C@@]2(C)CO2)cc1O. The molecule has 3 aliphatic rings. The van der Waals surface area contributed by atoms with Crippen molar-refractivity contribution < 1.29 is 38.5 Å². The lowest BCUT2D eigenvalue weighted by molar-refractivity contribution is -0.139. The van der Waals surface area contributed by atoms with E-state index >= 15 is 0 Å². The van der Waals surface area contributed by atoms with E-state index in [1.54, 1.807) is 26.0 Å². The van der Waals surface area contributed by atoms with Crippen molar-refractivity contribution in [3.63, 3.8) is 0 Å². The molecule has 0 radical (unpaired) electrons. The summed E-state index contributed by atoms with van der Waals surface area (Å²) in [7, 11) is 1.44. The lowest BCUT2D eigenvalue weighted by Crippen LogP contribution is -2.56. The van der Waals surface area contributed by atoms with E-state index in [0.29, 0.717) is 44.0 Å². The lowest BCUT2D eigenvalue weighted by atomic mass is 9.88. The number of carbonyl (C=O) groups excluding carboxylic acids is 4. The zero-order valence-electron chi connectivity index (χ0n) is 24.1. The molecule has 0 aromatic heterocycles. The molecular formula is C30H43N3O8. The first-order valence-corrected chi connectivity index (χ1v) is 14.6. The summed E-state index contributed by atoms with van der Waals surface area (Å²) in [6.07, 6.45) is 5.11. The third-order valence-electron chi connectivity index (χ3n) is 8.78. The van der Waals surface area contributed by atoms with Gasteiger partial charge in [-0.1, -0.05) is 38.7 Å². The van der Waals surface area contributed by atoms with Gasteiger partial charge in [-0.25, -0.2) is 0 Å². The number of epoxide rings is 1. The molecule has 6 atom stereocenters. The number of ether oxygens (including phenoxy) is 3. The Kier molecular flexibility index (Phi) is 9.91. The number of Topliss-reactive ketones (excluding diaryl/α,β-unsaturated/α-hetero) is 1. The van der Waals surface area contributed by atoms with Gasteiger partial charge in [0.1, 0.15) is 11.6 Å². The van der Waals surface area contributed by atoms with Gasteiger partial charge < -0.3 is 35.7 Å². The molecule has 4 rings (SSSR count). The van der Waals surface area contributed by atoms with E-state index < -0.39 is 47.4 Å². The molecule has 5 N–H and O–H groups in total. The quantitative estimate of drug-likeness (QED) is 0.259. The molecular weight excluding hydrogens is 530 g/mol. The maximum atomic E-state index is 13.8. The monoisotopic (exact) mass is 573 g/mol. The zero-order chi connectivity index (χ0) is 29.7. The predicted octanol–water partition coefficient (Wildman–Crippen LogP) is 1.77. The van der Waals surface area contributed by atoms with E-state index in [1.165, 1.54) is 13.2 Å². The van der Waals surface area contributed by atoms with E-state index in [-0.39, 0.29) is 29.6 Å². The number of phenolic OH excluding ortho intramolecular Hbond substituents is 1. The fraction of sp³-hybridized carbons (Fsp3) is 0.667. The molecule has 2 aliphatic heterocycles. The first-order valence-electron chi connectivity index (χ1n) is 14.6. The van der Waals surface area contributed by atoms with E-state index in [1.807, 2.05) is 0 Å². The highest BCUT2D eigenvalue weighted by Crippen LogP contribution is 2.34. The van der Waals surface area contributed by atoms with Gasteiger partial charge in [0.05, 0.1) is 31.8 Å². The number of ketones is 1. The van der Waals surface area contributed by atoms with Crippen molar-refractivity contribution in [2.24, 2.45) is 23.5 Å². The van der Waals surface area contributed by atoms with Crippen molar-refractivity contribution in [2.75, 3.05) is 20.3 Å². The highest BCUT2D eigenvalue weighted by atomic mass is 16.6. The highest BCUT2D eigenvalue weighted by molar-refractivity contribution is 5.98. The van der Waals surface area contributed by atoms with Gasteiger partial charge in [-0.2, -0.15) is 0 Å². The second-order valence-electron chi connectivity index (χ2n) is 11.9. The summed E-state index contributed by atoms with van der Waals surface area (Å²) in [5, 5.41) is 16.1. The van der Waals surface area contributed by atoms with E-state index in [9.17, 15) is 24.3 Å². The molecule has 2 heterocycles. The number of nitrogens with two attached hydrogens (primary N) is 1. The summed E-state index contributed by atoms with van der Waals surface area (Å²) in [5.41, 5.74) is 5.19. The Bertz CT molecular complexity index is 1130. The normalized spacial score (nSPS) is 26.4. The first-order chi connectivity index (χ1) is 19.5. The Balaban J connectivity index is 1.52. The summed E-state index contributed by atoms with van der Waals surface area (Å²) in [4.78, 5) is 52.3. The van der Waals surface area contributed by atoms with Gasteiger partial charge in [0.2, 0.25) is 17.7 Å². The second-order valence-corrected chi connectivity index (χ2v) is 11.9. The Morgan fingerprint density at radius 3 is 2.41 bits per heavy atom. The standard InChI is InChI=1S/C30H43N3O8/c1-17(25-15-20(27(31)36)10-11-40-25)28(37)33-22(13-19-8-9-24(39-3)23(34)14-19)29(38)32-21(12-18-6-4-5-7-18)26(35)30(2)16-41-30/h8-9,14,17-18,20-22,25,34H,4-7,10-13,15-16H2,1-3H3,(H2,31,36)(H,32,38)(H,33,37)/t17-,20?,21+,22+,25?,30-/m1/s1. The number of benzene rings is 1. The van der Waals surface area contributed by atoms with Gasteiger partial charge in [-0.05, 0) is 49.8 Å². The average Bonchev–Trinajstić information content (AvgIpc) is 3.49. The number of carbonyl (C=O) groups is 4. The molecule has 2 unspecified atom stereocenters. The summed E-state index contributed by atoms with van der Waals surface area (Å²) < 4.78 is 16.3. The van der Waals surface area contributed by atoms with Crippen LogP contribution in [-0.2, 0) is 35.1 Å². The minimum absolute atomic E-state index is 0.0649. The summed E-state index contributed by atoms with van der Waals surface area (Å²) in [6.45, 7) is 4.05. The summed E-state index contributed by atoms with van der Waals surface area (Å²) in [5.74, 6) is -2.02.